The summed E-state index contributed by atoms with van der Waals surface area (Å²) in [7, 11) is 0. The molecule has 1 radical (unpaired) electrons. The minimum Gasteiger partial charge on any atom is -0.254 e. The molecular formula is C10H14NS. The van der Waals surface area contributed by atoms with Crippen molar-refractivity contribution in [3.63, 3.8) is 0 Å². The first-order chi connectivity index (χ1) is 5.83. The third kappa shape index (κ3) is 3.28. The van der Waals surface area contributed by atoms with Crippen LogP contribution >= 0.6 is 11.8 Å². The quantitative estimate of drug-likeness (QED) is 0.654. The maximum Gasteiger partial charge on any atom is 0.0304 e. The molecule has 0 saturated carbocycles. The van der Waals surface area contributed by atoms with Crippen LogP contribution in [0.15, 0.2) is 35.2 Å². The van der Waals surface area contributed by atoms with Gasteiger partial charge in [0.15, 0.2) is 0 Å². The standard InChI is InChI=1S/C10H14NS/c1-2-9(11)8-12-10-6-4-3-5-7-10/h3-7,9,11H,2,8H2,1H3. The molecule has 1 nitrogen and oxygen atoms in total. The minimum atomic E-state index is 0.0789. The Kier molecular flexibility index (Phi) is 4.19. The van der Waals surface area contributed by atoms with Gasteiger partial charge in [-0.2, -0.15) is 0 Å². The molecule has 0 aromatic heterocycles. The number of hydrogen-bond donors (Lipinski definition) is 0. The summed E-state index contributed by atoms with van der Waals surface area (Å²) in [6.07, 6.45) is 0.944. The van der Waals surface area contributed by atoms with Crippen LogP contribution in [0.3, 0.4) is 0 Å². The largest absolute Gasteiger partial charge is 0.254 e. The van der Waals surface area contributed by atoms with Gasteiger partial charge < -0.3 is 0 Å². The lowest BCUT2D eigenvalue weighted by Gasteiger charge is -2.06. The van der Waals surface area contributed by atoms with Gasteiger partial charge in [0.2, 0.25) is 0 Å². The van der Waals surface area contributed by atoms with Crippen LogP contribution in [0.1, 0.15) is 13.3 Å². The van der Waals surface area contributed by atoms with E-state index >= 15 is 0 Å². The topological polar surface area (TPSA) is 23.8 Å². The molecule has 0 aliphatic heterocycles. The first kappa shape index (κ1) is 9.62. The lowest BCUT2D eigenvalue weighted by atomic mass is 10.3. The summed E-state index contributed by atoms with van der Waals surface area (Å²) in [5.74, 6) is 0.903. The summed E-state index contributed by atoms with van der Waals surface area (Å²) in [6.45, 7) is 2.06. The van der Waals surface area contributed by atoms with Crippen LogP contribution in [-0.4, -0.2) is 11.8 Å². The van der Waals surface area contributed by atoms with E-state index in [2.05, 4.69) is 19.1 Å². The maximum absolute atomic E-state index is 7.55. The Bertz CT molecular complexity index is 210. The summed E-state index contributed by atoms with van der Waals surface area (Å²) >= 11 is 1.77. The van der Waals surface area contributed by atoms with E-state index in [1.165, 1.54) is 4.90 Å². The van der Waals surface area contributed by atoms with Crippen LogP contribution in [0.25, 0.3) is 0 Å². The highest BCUT2D eigenvalue weighted by Crippen LogP contribution is 2.18. The van der Waals surface area contributed by atoms with E-state index < -0.39 is 0 Å². The van der Waals surface area contributed by atoms with E-state index in [0.29, 0.717) is 0 Å². The first-order valence-corrected chi connectivity index (χ1v) is 5.20. The highest BCUT2D eigenvalue weighted by Gasteiger charge is 1.99. The summed E-state index contributed by atoms with van der Waals surface area (Å²) in [6, 6.07) is 10.3. The summed E-state index contributed by atoms with van der Waals surface area (Å²) < 4.78 is 0. The molecule has 1 N–H and O–H groups in total. The monoisotopic (exact) mass is 180 g/mol. The summed E-state index contributed by atoms with van der Waals surface area (Å²) in [5.41, 5.74) is 7.55. The fraction of sp³-hybridized carbons (Fsp3) is 0.400. The number of nitrogens with one attached hydrogen (secondary N) is 1. The molecule has 0 heterocycles. The van der Waals surface area contributed by atoms with Gasteiger partial charge in [0.25, 0.3) is 0 Å². The molecule has 1 unspecified atom stereocenters. The lowest BCUT2D eigenvalue weighted by molar-refractivity contribution is 0.702. The van der Waals surface area contributed by atoms with Crippen LogP contribution in [0, 0.1) is 0 Å². The average Bonchev–Trinajstić information content (AvgIpc) is 2.16. The van der Waals surface area contributed by atoms with Crippen molar-refractivity contribution in [3.8, 4) is 0 Å². The molecule has 0 bridgehead atoms. The van der Waals surface area contributed by atoms with Gasteiger partial charge in [0, 0.05) is 16.7 Å². The van der Waals surface area contributed by atoms with Gasteiger partial charge >= 0.3 is 0 Å². The van der Waals surface area contributed by atoms with Gasteiger partial charge in [-0.15, -0.1) is 11.8 Å². The number of thioether (sulfide) groups is 1. The van der Waals surface area contributed by atoms with Crippen LogP contribution in [-0.2, 0) is 0 Å². The molecular weight excluding hydrogens is 166 g/mol. The van der Waals surface area contributed by atoms with Gasteiger partial charge in [0.05, 0.1) is 0 Å². The normalized spacial score (nSPS) is 12.8. The molecule has 1 aromatic rings. The fourth-order valence-corrected chi connectivity index (χ4v) is 1.81. The van der Waals surface area contributed by atoms with Gasteiger partial charge in [-0.1, -0.05) is 25.1 Å². The van der Waals surface area contributed by atoms with Crippen LogP contribution in [0.5, 0.6) is 0 Å². The summed E-state index contributed by atoms with van der Waals surface area (Å²) in [4.78, 5) is 1.27. The van der Waals surface area contributed by atoms with Gasteiger partial charge in [-0.05, 0) is 18.6 Å². The highest BCUT2D eigenvalue weighted by molar-refractivity contribution is 7.99. The van der Waals surface area contributed by atoms with Crippen molar-refractivity contribution >= 4 is 11.8 Å². The fourth-order valence-electron chi connectivity index (χ4n) is 0.831. The van der Waals surface area contributed by atoms with E-state index in [4.69, 9.17) is 5.73 Å². The Balaban J connectivity index is 2.33. The van der Waals surface area contributed by atoms with Gasteiger partial charge in [0.1, 0.15) is 0 Å². The molecule has 0 fully saturated rings. The molecule has 0 aliphatic rings. The molecule has 0 spiro atoms. The SMILES string of the molecule is CCC([NH])CSc1ccccc1. The highest BCUT2D eigenvalue weighted by atomic mass is 32.2. The van der Waals surface area contributed by atoms with Crippen molar-refractivity contribution in [2.75, 3.05) is 5.75 Å². The Morgan fingerprint density at radius 3 is 2.58 bits per heavy atom. The lowest BCUT2D eigenvalue weighted by Crippen LogP contribution is -2.09. The number of benzene rings is 1. The summed E-state index contributed by atoms with van der Waals surface area (Å²) in [5, 5.41) is 0. The molecule has 12 heavy (non-hydrogen) atoms. The Morgan fingerprint density at radius 1 is 1.33 bits per heavy atom. The van der Waals surface area contributed by atoms with E-state index in [1.54, 1.807) is 11.8 Å². The molecule has 1 rings (SSSR count). The smallest absolute Gasteiger partial charge is 0.0304 e. The second-order valence-electron chi connectivity index (χ2n) is 2.73. The molecule has 1 atom stereocenters. The van der Waals surface area contributed by atoms with Crippen molar-refractivity contribution in [2.24, 2.45) is 0 Å². The zero-order valence-electron chi connectivity index (χ0n) is 7.29. The maximum atomic E-state index is 7.55. The third-order valence-electron chi connectivity index (χ3n) is 1.69. The number of rotatable bonds is 4. The van der Waals surface area contributed by atoms with Crippen molar-refractivity contribution in [2.45, 2.75) is 24.3 Å². The van der Waals surface area contributed by atoms with Crippen molar-refractivity contribution < 1.29 is 0 Å². The van der Waals surface area contributed by atoms with E-state index in [-0.39, 0.29) is 6.04 Å². The van der Waals surface area contributed by atoms with E-state index in [0.717, 1.165) is 12.2 Å². The van der Waals surface area contributed by atoms with Crippen molar-refractivity contribution in [1.82, 2.24) is 5.73 Å². The molecule has 65 valence electrons. The van der Waals surface area contributed by atoms with Crippen molar-refractivity contribution in [3.05, 3.63) is 30.3 Å². The van der Waals surface area contributed by atoms with Crippen LogP contribution in [0.4, 0.5) is 0 Å². The molecule has 0 saturated heterocycles. The van der Waals surface area contributed by atoms with E-state index in [1.807, 2.05) is 18.2 Å². The first-order valence-electron chi connectivity index (χ1n) is 4.22. The van der Waals surface area contributed by atoms with E-state index in [9.17, 15) is 0 Å². The second kappa shape index (κ2) is 5.22. The Hall–Kier alpha value is -0.470. The predicted octanol–water partition coefficient (Wildman–Crippen LogP) is 2.84. The minimum absolute atomic E-state index is 0.0789. The Morgan fingerprint density at radius 2 is 2.00 bits per heavy atom. The van der Waals surface area contributed by atoms with Crippen molar-refractivity contribution in [1.29, 1.82) is 0 Å². The molecule has 1 aromatic carbocycles. The molecule has 2 heteroatoms. The van der Waals surface area contributed by atoms with Crippen LogP contribution in [0.2, 0.25) is 0 Å². The number of hydrogen-bond acceptors (Lipinski definition) is 1. The Labute approximate surface area is 78.4 Å². The molecule has 0 aliphatic carbocycles. The third-order valence-corrected chi connectivity index (χ3v) is 2.86. The zero-order chi connectivity index (χ0) is 8.81. The van der Waals surface area contributed by atoms with Crippen LogP contribution < -0.4 is 5.73 Å². The zero-order valence-corrected chi connectivity index (χ0v) is 8.10. The van der Waals surface area contributed by atoms with Gasteiger partial charge in [-0.25, -0.2) is 0 Å². The van der Waals surface area contributed by atoms with Gasteiger partial charge in [-0.3, -0.25) is 5.73 Å². The predicted molar refractivity (Wildman–Crippen MR) is 54.3 cm³/mol. The average molecular weight is 180 g/mol. The second-order valence-corrected chi connectivity index (χ2v) is 3.82. The molecule has 0 amide bonds.